The van der Waals surface area contributed by atoms with Crippen LogP contribution in [-0.2, 0) is 4.74 Å². The van der Waals surface area contributed by atoms with Crippen molar-refractivity contribution in [2.45, 2.75) is 58.4 Å². The van der Waals surface area contributed by atoms with Gasteiger partial charge in [0.25, 0.3) is 0 Å². The van der Waals surface area contributed by atoms with Crippen molar-refractivity contribution in [2.24, 2.45) is 0 Å². The van der Waals surface area contributed by atoms with Gasteiger partial charge in [-0.3, -0.25) is 4.79 Å². The monoisotopic (exact) mass is 385 g/mol. The molecular formula is C22H31NO3Si. The summed E-state index contributed by atoms with van der Waals surface area (Å²) in [4.78, 5) is 17.3. The maximum Gasteiger partial charge on any atom is 0.250 e. The second kappa shape index (κ2) is 8.36. The Hall–Kier alpha value is -1.98. The molecule has 0 amide bonds. The third-order valence-corrected chi connectivity index (χ3v) is 9.64. The minimum absolute atomic E-state index is 0.0957. The Morgan fingerprint density at radius 3 is 2.26 bits per heavy atom. The van der Waals surface area contributed by atoms with Crippen LogP contribution >= 0.6 is 0 Å². The van der Waals surface area contributed by atoms with Gasteiger partial charge in [-0.25, -0.2) is 4.98 Å². The maximum atomic E-state index is 12.8. The van der Waals surface area contributed by atoms with Crippen molar-refractivity contribution in [2.75, 3.05) is 7.11 Å². The van der Waals surface area contributed by atoms with Gasteiger partial charge in [0.1, 0.15) is 11.4 Å². The molecule has 0 N–H and O–H groups in total. The highest BCUT2D eigenvalue weighted by molar-refractivity contribution is 6.74. The Kier molecular flexibility index (Phi) is 6.60. The van der Waals surface area contributed by atoms with Crippen LogP contribution in [0.1, 0.15) is 62.0 Å². The Balaban J connectivity index is 2.20. The van der Waals surface area contributed by atoms with Crippen LogP contribution in [0.25, 0.3) is 0 Å². The van der Waals surface area contributed by atoms with Crippen LogP contribution in [0.2, 0.25) is 18.1 Å². The summed E-state index contributed by atoms with van der Waals surface area (Å²) in [6, 6.07) is 12.9. The Labute approximate surface area is 164 Å². The van der Waals surface area contributed by atoms with Crippen molar-refractivity contribution >= 4 is 14.1 Å². The molecule has 2 rings (SSSR count). The highest BCUT2D eigenvalue weighted by atomic mass is 28.4. The van der Waals surface area contributed by atoms with E-state index in [0.717, 1.165) is 17.9 Å². The smallest absolute Gasteiger partial charge is 0.250 e. The lowest BCUT2D eigenvalue weighted by atomic mass is 10.1. The fraction of sp³-hybridized carbons (Fsp3) is 0.455. The average Bonchev–Trinajstić information content (AvgIpc) is 2.62. The van der Waals surface area contributed by atoms with Crippen LogP contribution in [-0.4, -0.2) is 26.2 Å². The van der Waals surface area contributed by atoms with Gasteiger partial charge in [-0.2, -0.15) is 0 Å². The van der Waals surface area contributed by atoms with Gasteiger partial charge in [0.05, 0.1) is 11.8 Å². The summed E-state index contributed by atoms with van der Waals surface area (Å²) in [5.41, 5.74) is 1.82. The van der Waals surface area contributed by atoms with Crippen molar-refractivity contribution in [1.29, 1.82) is 0 Å². The fourth-order valence-electron chi connectivity index (χ4n) is 2.52. The van der Waals surface area contributed by atoms with Crippen molar-refractivity contribution in [1.82, 2.24) is 4.98 Å². The summed E-state index contributed by atoms with van der Waals surface area (Å²) in [5, 5.41) is 0.128. The molecular weight excluding hydrogens is 354 g/mol. The number of rotatable bonds is 7. The van der Waals surface area contributed by atoms with E-state index in [0.29, 0.717) is 11.3 Å². The van der Waals surface area contributed by atoms with Crippen molar-refractivity contribution < 1.29 is 14.0 Å². The van der Waals surface area contributed by atoms with Gasteiger partial charge in [0.15, 0.2) is 0 Å². The van der Waals surface area contributed by atoms with Crippen molar-refractivity contribution in [3.8, 4) is 5.75 Å². The van der Waals surface area contributed by atoms with Crippen LogP contribution in [0.3, 0.4) is 0 Å². The zero-order valence-corrected chi connectivity index (χ0v) is 18.5. The van der Waals surface area contributed by atoms with Gasteiger partial charge < -0.3 is 9.16 Å². The molecule has 1 heterocycles. The summed E-state index contributed by atoms with van der Waals surface area (Å²) in [6.45, 7) is 13.1. The first kappa shape index (κ1) is 21.3. The number of methoxy groups -OCH3 is 1. The summed E-state index contributed by atoms with van der Waals surface area (Å²) < 4.78 is 11.7. The molecule has 0 spiro atoms. The predicted octanol–water partition coefficient (Wildman–Crippen LogP) is 5.79. The molecule has 1 aromatic heterocycles. The lowest BCUT2D eigenvalue weighted by molar-refractivity contribution is 0.0953. The number of ketones is 1. The fourth-order valence-corrected chi connectivity index (χ4v) is 3.56. The molecule has 0 bridgehead atoms. The number of hydrogen-bond donors (Lipinski definition) is 0. The first-order valence-electron chi connectivity index (χ1n) is 9.42. The van der Waals surface area contributed by atoms with E-state index in [4.69, 9.17) is 9.16 Å². The van der Waals surface area contributed by atoms with E-state index in [1.165, 1.54) is 0 Å². The van der Waals surface area contributed by atoms with Crippen LogP contribution in [0, 0.1) is 0 Å². The minimum Gasteiger partial charge on any atom is -0.544 e. The van der Waals surface area contributed by atoms with E-state index >= 15 is 0 Å². The van der Waals surface area contributed by atoms with Gasteiger partial charge in [-0.05, 0) is 61.0 Å². The van der Waals surface area contributed by atoms with Crippen molar-refractivity contribution in [3.05, 3.63) is 59.4 Å². The Morgan fingerprint density at radius 2 is 1.74 bits per heavy atom. The standard InChI is InChI=1S/C22H31NO3Si/c1-8-20(25-5)18-10-9-11-19(23-18)21(24)16-12-14-17(15-13-16)26-27(6,7)22(2,3)4/h9-15,20H,8H2,1-7H3. The van der Waals surface area contributed by atoms with E-state index in [-0.39, 0.29) is 16.9 Å². The number of aromatic nitrogens is 1. The lowest BCUT2D eigenvalue weighted by Crippen LogP contribution is -2.43. The molecule has 0 fully saturated rings. The number of ether oxygens (including phenoxy) is 1. The van der Waals surface area contributed by atoms with Crippen LogP contribution in [0.15, 0.2) is 42.5 Å². The molecule has 0 radical (unpaired) electrons. The third kappa shape index (κ3) is 5.05. The number of benzene rings is 1. The predicted molar refractivity (Wildman–Crippen MR) is 112 cm³/mol. The van der Waals surface area contributed by atoms with Crippen molar-refractivity contribution in [3.63, 3.8) is 0 Å². The summed E-state index contributed by atoms with van der Waals surface area (Å²) in [7, 11) is -0.236. The second-order valence-electron chi connectivity index (χ2n) is 8.30. The summed E-state index contributed by atoms with van der Waals surface area (Å²) >= 11 is 0. The normalized spacial score (nSPS) is 13.3. The molecule has 1 unspecified atom stereocenters. The molecule has 4 nitrogen and oxygen atoms in total. The van der Waals surface area contributed by atoms with Gasteiger partial charge in [-0.1, -0.05) is 33.8 Å². The molecule has 0 saturated carbocycles. The minimum atomic E-state index is -1.89. The van der Waals surface area contributed by atoms with Crippen LogP contribution in [0.4, 0.5) is 0 Å². The summed E-state index contributed by atoms with van der Waals surface area (Å²) in [6.07, 6.45) is 0.707. The van der Waals surface area contributed by atoms with Gasteiger partial charge in [-0.15, -0.1) is 0 Å². The third-order valence-electron chi connectivity index (χ3n) is 5.28. The Morgan fingerprint density at radius 1 is 1.11 bits per heavy atom. The van der Waals surface area contributed by atoms with Gasteiger partial charge in [0.2, 0.25) is 14.1 Å². The number of pyridine rings is 1. The number of nitrogens with zero attached hydrogens (tertiary/aromatic N) is 1. The highest BCUT2D eigenvalue weighted by Gasteiger charge is 2.38. The van der Waals surface area contributed by atoms with E-state index in [2.05, 4.69) is 38.8 Å². The summed E-state index contributed by atoms with van der Waals surface area (Å²) in [5.74, 6) is 0.715. The molecule has 0 aliphatic heterocycles. The van der Waals surface area contributed by atoms with Gasteiger partial charge in [0, 0.05) is 12.7 Å². The topological polar surface area (TPSA) is 48.4 Å². The molecule has 146 valence electrons. The number of hydrogen-bond acceptors (Lipinski definition) is 4. The quantitative estimate of drug-likeness (QED) is 0.447. The molecule has 5 heteroatoms. The molecule has 27 heavy (non-hydrogen) atoms. The van der Waals surface area contributed by atoms with E-state index in [9.17, 15) is 4.79 Å². The van der Waals surface area contributed by atoms with E-state index in [1.54, 1.807) is 13.2 Å². The molecule has 1 atom stereocenters. The van der Waals surface area contributed by atoms with Gasteiger partial charge >= 0.3 is 0 Å². The van der Waals surface area contributed by atoms with E-state index < -0.39 is 8.32 Å². The average molecular weight is 386 g/mol. The molecule has 2 aromatic rings. The largest absolute Gasteiger partial charge is 0.544 e. The number of carbonyl (C=O) groups excluding carboxylic acids is 1. The first-order chi connectivity index (χ1) is 12.6. The zero-order valence-electron chi connectivity index (χ0n) is 17.5. The molecule has 0 saturated heterocycles. The van der Waals surface area contributed by atoms with Crippen LogP contribution in [0.5, 0.6) is 5.75 Å². The lowest BCUT2D eigenvalue weighted by Gasteiger charge is -2.36. The molecule has 1 aromatic carbocycles. The SMILES string of the molecule is CCC(OC)c1cccc(C(=O)c2ccc(O[Si](C)(C)C(C)(C)C)cc2)n1. The van der Waals surface area contributed by atoms with E-state index in [1.807, 2.05) is 43.3 Å². The first-order valence-corrected chi connectivity index (χ1v) is 12.3. The Bertz CT molecular complexity index is 775. The zero-order chi connectivity index (χ0) is 20.2. The maximum absolute atomic E-state index is 12.8. The second-order valence-corrected chi connectivity index (χ2v) is 13.0. The van der Waals surface area contributed by atoms with Crippen LogP contribution < -0.4 is 4.43 Å². The number of carbonyl (C=O) groups is 1. The highest BCUT2D eigenvalue weighted by Crippen LogP contribution is 2.37. The molecule has 0 aliphatic carbocycles. The molecule has 0 aliphatic rings.